The number of nitrogens with zero attached hydrogens (tertiary/aromatic N) is 1. The number of rotatable bonds is 7. The van der Waals surface area contributed by atoms with Crippen LogP contribution >= 0.6 is 22.7 Å². The lowest BCUT2D eigenvalue weighted by atomic mass is 10.1. The molecule has 0 aliphatic rings. The molecule has 0 aromatic carbocycles. The maximum atomic E-state index is 4.31. The second-order valence-electron chi connectivity index (χ2n) is 5.68. The van der Waals surface area contributed by atoms with Gasteiger partial charge in [0.25, 0.3) is 0 Å². The molecule has 0 bridgehead atoms. The van der Waals surface area contributed by atoms with Crippen LogP contribution < -0.4 is 10.6 Å². The van der Waals surface area contributed by atoms with Crippen molar-refractivity contribution in [3.63, 3.8) is 0 Å². The lowest BCUT2D eigenvalue weighted by Gasteiger charge is -2.17. The normalized spacial score (nSPS) is 14.6. The fourth-order valence-corrected chi connectivity index (χ4v) is 3.91. The maximum absolute atomic E-state index is 4.31. The number of hydrogen-bond donors (Lipinski definition) is 2. The zero-order valence-corrected chi connectivity index (χ0v) is 15.1. The van der Waals surface area contributed by atoms with Crippen LogP contribution in [0.2, 0.25) is 0 Å². The molecule has 2 aromatic rings. The summed E-state index contributed by atoms with van der Waals surface area (Å²) < 4.78 is 0. The minimum atomic E-state index is 0.494. The van der Waals surface area contributed by atoms with E-state index in [9.17, 15) is 0 Å². The Bertz CT molecular complexity index is 546. The molecule has 0 aliphatic carbocycles. The number of thiophene rings is 2. The summed E-state index contributed by atoms with van der Waals surface area (Å²) in [6, 6.07) is 6.51. The Hall–Kier alpha value is -1.33. The molecule has 2 heterocycles. The summed E-state index contributed by atoms with van der Waals surface area (Å²) in [6.07, 6.45) is 1.12. The molecule has 0 amide bonds. The lowest BCUT2D eigenvalue weighted by molar-refractivity contribution is 0.560. The van der Waals surface area contributed by atoms with E-state index in [1.807, 2.05) is 18.4 Å². The van der Waals surface area contributed by atoms with Crippen LogP contribution in [0.5, 0.6) is 0 Å². The minimum absolute atomic E-state index is 0.494. The van der Waals surface area contributed by atoms with Crippen LogP contribution in [-0.2, 0) is 6.42 Å². The first-order valence-corrected chi connectivity index (χ1v) is 9.50. The third-order valence-electron chi connectivity index (χ3n) is 3.66. The summed E-state index contributed by atoms with van der Waals surface area (Å²) in [6.45, 7) is 6.34. The van der Waals surface area contributed by atoms with Gasteiger partial charge in [-0.25, -0.2) is 0 Å². The van der Waals surface area contributed by atoms with E-state index in [1.165, 1.54) is 10.4 Å². The van der Waals surface area contributed by atoms with Gasteiger partial charge in [0.05, 0.1) is 0 Å². The molecule has 0 saturated carbocycles. The molecule has 120 valence electrons. The molecule has 2 N–H and O–H groups in total. The quantitative estimate of drug-likeness (QED) is 0.593. The van der Waals surface area contributed by atoms with Crippen molar-refractivity contribution in [1.29, 1.82) is 0 Å². The zero-order chi connectivity index (χ0) is 15.8. The van der Waals surface area contributed by atoms with Gasteiger partial charge in [0.2, 0.25) is 0 Å². The molecule has 22 heavy (non-hydrogen) atoms. The summed E-state index contributed by atoms with van der Waals surface area (Å²) in [5.74, 6) is 1.97. The van der Waals surface area contributed by atoms with E-state index in [2.05, 4.69) is 63.8 Å². The van der Waals surface area contributed by atoms with Gasteiger partial charge in [-0.3, -0.25) is 4.99 Å². The summed E-state index contributed by atoms with van der Waals surface area (Å²) in [4.78, 5) is 5.76. The van der Waals surface area contributed by atoms with Crippen LogP contribution in [0.1, 0.15) is 30.2 Å². The van der Waals surface area contributed by atoms with Crippen molar-refractivity contribution in [2.24, 2.45) is 10.9 Å². The Morgan fingerprint density at radius 3 is 2.64 bits per heavy atom. The molecular formula is C17H25N3S2. The first kappa shape index (κ1) is 17.0. The Labute approximate surface area is 141 Å². The molecule has 2 atom stereocenters. The number of aliphatic imine (C=N–C) groups is 1. The van der Waals surface area contributed by atoms with Crippen molar-refractivity contribution in [3.05, 3.63) is 44.8 Å². The van der Waals surface area contributed by atoms with Crippen molar-refractivity contribution >= 4 is 28.6 Å². The van der Waals surface area contributed by atoms with Crippen molar-refractivity contribution in [1.82, 2.24) is 10.6 Å². The Morgan fingerprint density at radius 2 is 2.00 bits per heavy atom. The van der Waals surface area contributed by atoms with Crippen molar-refractivity contribution in [3.8, 4) is 0 Å². The minimum Gasteiger partial charge on any atom is -0.356 e. The number of hydrogen-bond acceptors (Lipinski definition) is 3. The van der Waals surface area contributed by atoms with E-state index in [-0.39, 0.29) is 0 Å². The predicted octanol–water partition coefficient (Wildman–Crippen LogP) is 3.96. The van der Waals surface area contributed by atoms with Crippen LogP contribution in [0.4, 0.5) is 0 Å². The number of nitrogens with one attached hydrogen (secondary N) is 2. The maximum Gasteiger partial charge on any atom is 0.191 e. The first-order valence-electron chi connectivity index (χ1n) is 7.68. The summed E-state index contributed by atoms with van der Waals surface area (Å²) >= 11 is 3.58. The van der Waals surface area contributed by atoms with Gasteiger partial charge in [-0.05, 0) is 52.1 Å². The highest BCUT2D eigenvalue weighted by molar-refractivity contribution is 7.09. The van der Waals surface area contributed by atoms with Crippen LogP contribution in [0, 0.1) is 5.92 Å². The Morgan fingerprint density at radius 1 is 1.18 bits per heavy atom. The van der Waals surface area contributed by atoms with E-state index in [0.717, 1.165) is 25.5 Å². The van der Waals surface area contributed by atoms with Gasteiger partial charge in [-0.1, -0.05) is 19.9 Å². The van der Waals surface area contributed by atoms with Crippen LogP contribution in [0.15, 0.2) is 39.3 Å². The third-order valence-corrected chi connectivity index (χ3v) is 5.26. The van der Waals surface area contributed by atoms with E-state index in [4.69, 9.17) is 0 Å². The topological polar surface area (TPSA) is 36.4 Å². The predicted molar refractivity (Wildman–Crippen MR) is 99.3 cm³/mol. The van der Waals surface area contributed by atoms with Gasteiger partial charge in [-0.15, -0.1) is 11.3 Å². The molecular weight excluding hydrogens is 310 g/mol. The molecule has 0 spiro atoms. The molecule has 0 aliphatic heterocycles. The molecule has 5 heteroatoms. The van der Waals surface area contributed by atoms with E-state index < -0.39 is 0 Å². The molecule has 0 radical (unpaired) electrons. The van der Waals surface area contributed by atoms with Crippen LogP contribution in [0.25, 0.3) is 0 Å². The van der Waals surface area contributed by atoms with Gasteiger partial charge >= 0.3 is 0 Å². The Balaban J connectivity index is 1.70. The standard InChI is InChI=1S/C17H25N3S2/c1-13(9-16-5-4-7-22-16)10-19-17(18-3)20-11-14(2)15-6-8-21-12-15/h4-8,12-14H,9-11H2,1-3H3,(H2,18,19,20). The van der Waals surface area contributed by atoms with Gasteiger partial charge < -0.3 is 10.6 Å². The van der Waals surface area contributed by atoms with E-state index >= 15 is 0 Å². The second-order valence-corrected chi connectivity index (χ2v) is 7.49. The summed E-state index contributed by atoms with van der Waals surface area (Å²) in [5, 5.41) is 13.3. The highest BCUT2D eigenvalue weighted by atomic mass is 32.1. The highest BCUT2D eigenvalue weighted by Gasteiger charge is 2.09. The van der Waals surface area contributed by atoms with Crippen LogP contribution in [-0.4, -0.2) is 26.1 Å². The third kappa shape index (κ3) is 5.46. The van der Waals surface area contributed by atoms with Crippen molar-refractivity contribution in [2.45, 2.75) is 26.2 Å². The number of guanidine groups is 1. The monoisotopic (exact) mass is 335 g/mol. The fraction of sp³-hybridized carbons (Fsp3) is 0.471. The molecule has 2 unspecified atom stereocenters. The molecule has 0 saturated heterocycles. The lowest BCUT2D eigenvalue weighted by Crippen LogP contribution is -2.41. The van der Waals surface area contributed by atoms with Gasteiger partial charge in [0.1, 0.15) is 0 Å². The molecule has 2 rings (SSSR count). The molecule has 0 fully saturated rings. The van der Waals surface area contributed by atoms with Gasteiger partial charge in [-0.2, -0.15) is 11.3 Å². The van der Waals surface area contributed by atoms with E-state index in [1.54, 1.807) is 11.3 Å². The van der Waals surface area contributed by atoms with Crippen molar-refractivity contribution < 1.29 is 0 Å². The zero-order valence-electron chi connectivity index (χ0n) is 13.5. The smallest absolute Gasteiger partial charge is 0.191 e. The second kappa shape index (κ2) is 8.96. The van der Waals surface area contributed by atoms with Crippen LogP contribution in [0.3, 0.4) is 0 Å². The van der Waals surface area contributed by atoms with Gasteiger partial charge in [0.15, 0.2) is 5.96 Å². The Kier molecular flexibility index (Phi) is 6.93. The summed E-state index contributed by atoms with van der Waals surface area (Å²) in [7, 11) is 1.83. The van der Waals surface area contributed by atoms with Crippen molar-refractivity contribution in [2.75, 3.05) is 20.1 Å². The molecule has 3 nitrogen and oxygen atoms in total. The van der Waals surface area contributed by atoms with E-state index in [0.29, 0.717) is 11.8 Å². The average Bonchev–Trinajstić information content (AvgIpc) is 3.20. The SMILES string of the molecule is CN=C(NCC(C)Cc1cccs1)NCC(C)c1ccsc1. The largest absolute Gasteiger partial charge is 0.356 e. The first-order chi connectivity index (χ1) is 10.7. The highest BCUT2D eigenvalue weighted by Crippen LogP contribution is 2.17. The van der Waals surface area contributed by atoms with Gasteiger partial charge in [0, 0.05) is 25.0 Å². The summed E-state index contributed by atoms with van der Waals surface area (Å²) in [5.41, 5.74) is 1.39. The fourth-order valence-electron chi connectivity index (χ4n) is 2.26. The molecule has 2 aromatic heterocycles. The average molecular weight is 336 g/mol.